The lowest BCUT2D eigenvalue weighted by molar-refractivity contribution is 1.28. The van der Waals surface area contributed by atoms with Crippen LogP contribution in [0, 0.1) is 0 Å². The summed E-state index contributed by atoms with van der Waals surface area (Å²) in [6.07, 6.45) is 3.56. The average Bonchev–Trinajstić information content (AvgIpc) is 3.54. The first kappa shape index (κ1) is 28.4. The summed E-state index contributed by atoms with van der Waals surface area (Å²) in [7, 11) is 0. The molecule has 0 saturated carbocycles. The van der Waals surface area contributed by atoms with E-state index in [2.05, 4.69) is 155 Å². The molecule has 4 nitrogen and oxygen atoms in total. The summed E-state index contributed by atoms with van der Waals surface area (Å²) in [5.41, 5.74) is 10.7. The lowest BCUT2D eigenvalue weighted by Crippen LogP contribution is -2.09. The molecule has 0 atom stereocenters. The zero-order valence-corrected chi connectivity index (χ0v) is 26.3. The number of para-hydroxylation sites is 4. The van der Waals surface area contributed by atoms with Gasteiger partial charge >= 0.3 is 0 Å². The molecule has 2 aromatic heterocycles. The molecule has 6 aromatic carbocycles. The molecule has 0 unspecified atom stereocenters. The van der Waals surface area contributed by atoms with E-state index in [9.17, 15) is 0 Å². The lowest BCUT2D eigenvalue weighted by Gasteiger charge is -2.25. The van der Waals surface area contributed by atoms with Gasteiger partial charge in [-0.25, -0.2) is 0 Å². The van der Waals surface area contributed by atoms with Crippen LogP contribution in [0.25, 0.3) is 31.9 Å². The molecule has 224 valence electrons. The van der Waals surface area contributed by atoms with Crippen LogP contribution in [0.3, 0.4) is 0 Å². The first-order valence-electron chi connectivity index (χ1n) is 15.6. The minimum absolute atomic E-state index is 0.919. The maximum Gasteiger partial charge on any atom is 0.108 e. The van der Waals surface area contributed by atoms with Gasteiger partial charge in [0.25, 0.3) is 0 Å². The Hall–Kier alpha value is -6.04. The molecular formula is C42H30N4S. The van der Waals surface area contributed by atoms with E-state index in [1.165, 1.54) is 0 Å². The Kier molecular flexibility index (Phi) is 7.72. The number of nitrogens with zero attached hydrogens (tertiary/aromatic N) is 4. The molecule has 0 bridgehead atoms. The number of fused-ring (bicyclic) bond motifs is 1. The average molecular weight is 623 g/mol. The molecule has 0 aliphatic heterocycles. The molecule has 8 rings (SSSR count). The van der Waals surface area contributed by atoms with Gasteiger partial charge in [0.05, 0.1) is 9.75 Å². The second-order valence-corrected chi connectivity index (χ2v) is 12.1. The van der Waals surface area contributed by atoms with Crippen molar-refractivity contribution in [1.29, 1.82) is 0 Å². The summed E-state index contributed by atoms with van der Waals surface area (Å²) in [4.78, 5) is 16.4. The number of aromatic nitrogens is 2. The number of hydrogen-bond donors (Lipinski definition) is 0. The minimum Gasteiger partial charge on any atom is -0.311 e. The highest BCUT2D eigenvalue weighted by Crippen LogP contribution is 2.44. The van der Waals surface area contributed by atoms with Crippen molar-refractivity contribution in [3.8, 4) is 20.9 Å². The number of benzene rings is 6. The van der Waals surface area contributed by atoms with Crippen LogP contribution in [0.5, 0.6) is 0 Å². The van der Waals surface area contributed by atoms with Gasteiger partial charge < -0.3 is 9.80 Å². The first-order chi connectivity index (χ1) is 23.3. The summed E-state index contributed by atoms with van der Waals surface area (Å²) < 4.78 is 0. The van der Waals surface area contributed by atoms with Gasteiger partial charge in [0.2, 0.25) is 0 Å². The highest BCUT2D eigenvalue weighted by Gasteiger charge is 2.19. The number of anilines is 6. The van der Waals surface area contributed by atoms with E-state index in [4.69, 9.17) is 9.97 Å². The van der Waals surface area contributed by atoms with Gasteiger partial charge in [-0.3, -0.25) is 9.97 Å². The zero-order chi connectivity index (χ0) is 31.4. The molecule has 2 heterocycles. The van der Waals surface area contributed by atoms with Crippen LogP contribution in [-0.4, -0.2) is 9.97 Å². The lowest BCUT2D eigenvalue weighted by atomic mass is 10.1. The molecule has 0 aliphatic carbocycles. The highest BCUT2D eigenvalue weighted by atomic mass is 32.1. The third-order valence-corrected chi connectivity index (χ3v) is 9.43. The van der Waals surface area contributed by atoms with Crippen LogP contribution in [0.1, 0.15) is 0 Å². The van der Waals surface area contributed by atoms with Crippen LogP contribution in [0.15, 0.2) is 182 Å². The van der Waals surface area contributed by atoms with Crippen molar-refractivity contribution in [2.24, 2.45) is 0 Å². The van der Waals surface area contributed by atoms with E-state index in [0.717, 1.165) is 66.0 Å². The second kappa shape index (κ2) is 12.8. The third kappa shape index (κ3) is 5.65. The fourth-order valence-corrected chi connectivity index (χ4v) is 7.19. The van der Waals surface area contributed by atoms with Crippen LogP contribution in [0.2, 0.25) is 0 Å². The predicted molar refractivity (Wildman–Crippen MR) is 198 cm³/mol. The van der Waals surface area contributed by atoms with Crippen molar-refractivity contribution < 1.29 is 0 Å². The van der Waals surface area contributed by atoms with Gasteiger partial charge in [0.15, 0.2) is 0 Å². The van der Waals surface area contributed by atoms with Gasteiger partial charge in [-0.1, -0.05) is 97.1 Å². The van der Waals surface area contributed by atoms with Crippen LogP contribution in [0.4, 0.5) is 34.1 Å². The van der Waals surface area contributed by atoms with Gasteiger partial charge in [-0.15, -0.1) is 11.3 Å². The highest BCUT2D eigenvalue weighted by molar-refractivity contribution is 7.20. The largest absolute Gasteiger partial charge is 0.311 e. The van der Waals surface area contributed by atoms with E-state index in [1.807, 2.05) is 24.3 Å². The normalized spacial score (nSPS) is 11.0. The maximum atomic E-state index is 4.81. The number of rotatable bonds is 8. The van der Waals surface area contributed by atoms with Crippen molar-refractivity contribution in [3.63, 3.8) is 0 Å². The standard InChI is InChI=1S/C42H30N4S/c1-5-13-33(14-6-1)45(34-15-7-2-8-16-34)37-25-21-31(22-26-37)41-39-40(44-30-29-43-39)42(47-41)32-23-27-38(28-24-32)46(35-17-9-3-10-18-35)36-19-11-4-12-20-36/h1-30H. The molecule has 0 spiro atoms. The summed E-state index contributed by atoms with van der Waals surface area (Å²) in [5, 5.41) is 0. The topological polar surface area (TPSA) is 32.3 Å². The van der Waals surface area contributed by atoms with Crippen molar-refractivity contribution in [2.75, 3.05) is 9.80 Å². The Morgan fingerprint density at radius 3 is 0.894 bits per heavy atom. The predicted octanol–water partition coefficient (Wildman–Crippen LogP) is 12.0. The summed E-state index contributed by atoms with van der Waals surface area (Å²) in [6.45, 7) is 0. The second-order valence-electron chi connectivity index (χ2n) is 11.1. The van der Waals surface area contributed by atoms with E-state index in [1.54, 1.807) is 23.7 Å². The summed E-state index contributed by atoms with van der Waals surface area (Å²) in [5.74, 6) is 0. The van der Waals surface area contributed by atoms with Gasteiger partial charge in [0, 0.05) is 46.5 Å². The number of thiophene rings is 1. The van der Waals surface area contributed by atoms with Crippen LogP contribution >= 0.6 is 11.3 Å². The number of hydrogen-bond acceptors (Lipinski definition) is 5. The first-order valence-corrected chi connectivity index (χ1v) is 16.4. The molecule has 0 aliphatic rings. The molecular weight excluding hydrogens is 593 g/mol. The van der Waals surface area contributed by atoms with Crippen LogP contribution < -0.4 is 9.80 Å². The molecule has 8 aromatic rings. The van der Waals surface area contributed by atoms with E-state index in [0.29, 0.717) is 0 Å². The van der Waals surface area contributed by atoms with Gasteiger partial charge in [0.1, 0.15) is 11.0 Å². The summed E-state index contributed by atoms with van der Waals surface area (Å²) in [6, 6.07) is 59.4. The molecule has 0 radical (unpaired) electrons. The van der Waals surface area contributed by atoms with Crippen molar-refractivity contribution in [1.82, 2.24) is 9.97 Å². The third-order valence-electron chi connectivity index (χ3n) is 8.17. The van der Waals surface area contributed by atoms with Crippen molar-refractivity contribution in [3.05, 3.63) is 182 Å². The Morgan fingerprint density at radius 1 is 0.319 bits per heavy atom. The SMILES string of the molecule is c1ccc(N(c2ccccc2)c2ccc(-c3sc(-c4ccc(N(c5ccccc5)c5ccccc5)cc4)c4nccnc34)cc2)cc1. The monoisotopic (exact) mass is 622 g/mol. The van der Waals surface area contributed by atoms with E-state index < -0.39 is 0 Å². The molecule has 5 heteroatoms. The van der Waals surface area contributed by atoms with E-state index in [-0.39, 0.29) is 0 Å². The molecule has 47 heavy (non-hydrogen) atoms. The maximum absolute atomic E-state index is 4.81. The molecule has 0 saturated heterocycles. The Bertz CT molecular complexity index is 1980. The molecule has 0 fully saturated rings. The van der Waals surface area contributed by atoms with Crippen LogP contribution in [-0.2, 0) is 0 Å². The smallest absolute Gasteiger partial charge is 0.108 e. The van der Waals surface area contributed by atoms with Crippen molar-refractivity contribution >= 4 is 56.5 Å². The quantitative estimate of drug-likeness (QED) is 0.169. The Balaban J connectivity index is 1.16. The molecule has 0 N–H and O–H groups in total. The minimum atomic E-state index is 0.919. The Morgan fingerprint density at radius 2 is 0.596 bits per heavy atom. The fourth-order valence-electron chi connectivity index (χ4n) is 5.99. The molecule has 0 amide bonds. The van der Waals surface area contributed by atoms with E-state index >= 15 is 0 Å². The van der Waals surface area contributed by atoms with Crippen molar-refractivity contribution in [2.45, 2.75) is 0 Å². The van der Waals surface area contributed by atoms with Gasteiger partial charge in [-0.2, -0.15) is 0 Å². The Labute approximate surface area is 278 Å². The summed E-state index contributed by atoms with van der Waals surface area (Å²) >= 11 is 1.74. The van der Waals surface area contributed by atoms with Gasteiger partial charge in [-0.05, 0) is 83.9 Å². The zero-order valence-electron chi connectivity index (χ0n) is 25.5. The fraction of sp³-hybridized carbons (Fsp3) is 0.